The van der Waals surface area contributed by atoms with Gasteiger partial charge < -0.3 is 9.80 Å². The zero-order chi connectivity index (χ0) is 32.3. The van der Waals surface area contributed by atoms with E-state index in [-0.39, 0.29) is 13.0 Å². The van der Waals surface area contributed by atoms with E-state index in [0.717, 1.165) is 6.54 Å². The fourth-order valence-electron chi connectivity index (χ4n) is 9.07. The molecule has 10 rings (SSSR count). The zero-order valence-electron chi connectivity index (χ0n) is 28.6. The van der Waals surface area contributed by atoms with Gasteiger partial charge in [0, 0.05) is 40.5 Å². The minimum absolute atomic E-state index is 0. The summed E-state index contributed by atoms with van der Waals surface area (Å²) >= 11 is 0. The standard InChI is InChI=1S/C41H34N2.2C2H6.CH4/c1-26-25-42(32-13-7-2-3-8-14-32)40-34-21-19-28-12-9-15-36-38(28)39(34)41(24-35(41)37(26)40)43(36)33-20-18-30-22-29(16-17-31(30)23-33)27-10-5-4-6-11-27;2*1-2;/h4-7,9-23,26,35H,2-3,8,24-25H2,1H3;2*1-2H3;1H4. The third kappa shape index (κ3) is 4.52. The lowest BCUT2D eigenvalue weighted by Crippen LogP contribution is -2.32. The van der Waals surface area contributed by atoms with Gasteiger partial charge in [0.15, 0.2) is 0 Å². The normalized spacial score (nSPS) is 22.5. The van der Waals surface area contributed by atoms with Crippen LogP contribution in [0.5, 0.6) is 0 Å². The van der Waals surface area contributed by atoms with Gasteiger partial charge in [0.1, 0.15) is 0 Å². The van der Waals surface area contributed by atoms with Gasteiger partial charge in [-0.3, -0.25) is 0 Å². The molecule has 2 heterocycles. The number of rotatable bonds is 3. The van der Waals surface area contributed by atoms with E-state index >= 15 is 0 Å². The molecule has 3 aliphatic carbocycles. The van der Waals surface area contributed by atoms with E-state index < -0.39 is 0 Å². The largest absolute Gasteiger partial charge is 0.341 e. The minimum Gasteiger partial charge on any atom is -0.341 e. The molecule has 244 valence electrons. The van der Waals surface area contributed by atoms with Gasteiger partial charge in [-0.2, -0.15) is 0 Å². The SMILES string of the molecule is C.CC.CC.CC1CN(C2=CCCCC=C2)C2=C1C1CC13c1c2ccc2cccc(c12)N3c1ccc2cc(-c3ccccc3)ccc2c1. The fraction of sp³-hybridized carbons (Fsp3) is 0.304. The summed E-state index contributed by atoms with van der Waals surface area (Å²) in [5.74, 6) is 1.11. The summed E-state index contributed by atoms with van der Waals surface area (Å²) in [4.78, 5) is 5.42. The van der Waals surface area contributed by atoms with E-state index in [4.69, 9.17) is 0 Å². The molecule has 5 aromatic carbocycles. The molecule has 0 bridgehead atoms. The summed E-state index contributed by atoms with van der Waals surface area (Å²) in [6.07, 6.45) is 12.1. The molecule has 0 N–H and O–H groups in total. The van der Waals surface area contributed by atoms with Crippen molar-refractivity contribution in [2.75, 3.05) is 11.4 Å². The predicted octanol–water partition coefficient (Wildman–Crippen LogP) is 13.0. The van der Waals surface area contributed by atoms with Gasteiger partial charge in [0.05, 0.1) is 11.2 Å². The molecule has 2 aliphatic heterocycles. The highest BCUT2D eigenvalue weighted by Gasteiger charge is 2.69. The topological polar surface area (TPSA) is 6.48 Å². The van der Waals surface area contributed by atoms with Crippen LogP contribution in [0.25, 0.3) is 38.4 Å². The second-order valence-corrected chi connectivity index (χ2v) is 13.3. The first-order chi connectivity index (χ1) is 23.2. The number of nitrogens with zero attached hydrogens (tertiary/aromatic N) is 2. The fourth-order valence-corrected chi connectivity index (χ4v) is 9.07. The monoisotopic (exact) mass is 630 g/mol. The van der Waals surface area contributed by atoms with Crippen molar-refractivity contribution in [3.05, 3.63) is 138 Å². The minimum atomic E-state index is 0. The van der Waals surface area contributed by atoms with E-state index in [1.54, 1.807) is 11.1 Å². The summed E-state index contributed by atoms with van der Waals surface area (Å²) in [6.45, 7) is 11.6. The Kier molecular flexibility index (Phi) is 8.32. The number of benzene rings is 5. The molecule has 1 spiro atoms. The summed E-state index contributed by atoms with van der Waals surface area (Å²) in [5, 5.41) is 5.44. The van der Waals surface area contributed by atoms with Crippen LogP contribution >= 0.6 is 0 Å². The van der Waals surface area contributed by atoms with Crippen molar-refractivity contribution in [2.24, 2.45) is 11.8 Å². The summed E-state index contributed by atoms with van der Waals surface area (Å²) < 4.78 is 0. The Morgan fingerprint density at radius 3 is 2.33 bits per heavy atom. The van der Waals surface area contributed by atoms with Crippen LogP contribution in [0.2, 0.25) is 0 Å². The first kappa shape index (κ1) is 32.0. The average Bonchev–Trinajstić information content (AvgIpc) is 3.78. The molecule has 3 unspecified atom stereocenters. The third-order valence-corrected chi connectivity index (χ3v) is 10.9. The maximum atomic E-state index is 2.74. The number of fused-ring (bicyclic) bond motifs is 3. The highest BCUT2D eigenvalue weighted by atomic mass is 15.3. The number of anilines is 2. The van der Waals surface area contributed by atoms with Crippen LogP contribution < -0.4 is 4.90 Å². The lowest BCUT2D eigenvalue weighted by atomic mass is 9.82. The molecule has 5 aliphatic rings. The smallest absolute Gasteiger partial charge is 0.0789 e. The first-order valence-electron chi connectivity index (χ1n) is 18.1. The number of allylic oxidation sites excluding steroid dienone is 3. The lowest BCUT2D eigenvalue weighted by Gasteiger charge is -2.35. The van der Waals surface area contributed by atoms with Crippen molar-refractivity contribution >= 4 is 38.6 Å². The Bertz CT molecular complexity index is 2100. The highest BCUT2D eigenvalue weighted by molar-refractivity contribution is 6.09. The molecule has 0 aromatic heterocycles. The predicted molar refractivity (Wildman–Crippen MR) is 209 cm³/mol. The van der Waals surface area contributed by atoms with E-state index in [1.165, 1.54) is 86.7 Å². The third-order valence-electron chi connectivity index (χ3n) is 10.9. The Balaban J connectivity index is 0.000000705. The summed E-state index contributed by atoms with van der Waals surface area (Å²) in [5.41, 5.74) is 12.9. The maximum Gasteiger partial charge on any atom is 0.0789 e. The van der Waals surface area contributed by atoms with E-state index in [0.29, 0.717) is 11.8 Å². The van der Waals surface area contributed by atoms with Gasteiger partial charge in [-0.15, -0.1) is 0 Å². The van der Waals surface area contributed by atoms with Crippen molar-refractivity contribution in [3.8, 4) is 11.1 Å². The first-order valence-corrected chi connectivity index (χ1v) is 18.1. The van der Waals surface area contributed by atoms with Crippen LogP contribution in [0.4, 0.5) is 11.4 Å². The van der Waals surface area contributed by atoms with Gasteiger partial charge in [-0.05, 0) is 100 Å². The average molecular weight is 631 g/mol. The molecule has 5 aromatic rings. The lowest BCUT2D eigenvalue weighted by molar-refractivity contribution is 0.476. The highest BCUT2D eigenvalue weighted by Crippen LogP contribution is 2.74. The summed E-state index contributed by atoms with van der Waals surface area (Å²) in [6, 6.07) is 36.6. The Morgan fingerprint density at radius 2 is 1.50 bits per heavy atom. The molecular weight excluding hydrogens is 581 g/mol. The second kappa shape index (κ2) is 12.5. The Labute approximate surface area is 288 Å². The molecule has 2 nitrogen and oxygen atoms in total. The van der Waals surface area contributed by atoms with Crippen molar-refractivity contribution in [1.82, 2.24) is 4.90 Å². The molecule has 0 saturated heterocycles. The van der Waals surface area contributed by atoms with Gasteiger partial charge >= 0.3 is 0 Å². The molecule has 1 fully saturated rings. The Morgan fingerprint density at radius 1 is 0.729 bits per heavy atom. The van der Waals surface area contributed by atoms with Crippen molar-refractivity contribution in [1.29, 1.82) is 0 Å². The molecule has 0 amide bonds. The number of hydrogen-bond acceptors (Lipinski definition) is 2. The molecule has 1 saturated carbocycles. The summed E-state index contributed by atoms with van der Waals surface area (Å²) in [7, 11) is 0. The maximum absolute atomic E-state index is 2.74. The Hall–Kier alpha value is -4.56. The van der Waals surface area contributed by atoms with Crippen LogP contribution in [-0.4, -0.2) is 11.4 Å². The van der Waals surface area contributed by atoms with Crippen LogP contribution in [0.15, 0.2) is 127 Å². The van der Waals surface area contributed by atoms with Crippen molar-refractivity contribution < 1.29 is 0 Å². The van der Waals surface area contributed by atoms with Gasteiger partial charge in [0.25, 0.3) is 0 Å². The quantitative estimate of drug-likeness (QED) is 0.196. The molecule has 3 atom stereocenters. The zero-order valence-corrected chi connectivity index (χ0v) is 28.6. The van der Waals surface area contributed by atoms with Gasteiger partial charge in [-0.25, -0.2) is 0 Å². The van der Waals surface area contributed by atoms with Crippen molar-refractivity contribution in [3.63, 3.8) is 0 Å². The molecular formula is C46H50N2. The molecule has 2 heteroatoms. The van der Waals surface area contributed by atoms with E-state index in [1.807, 2.05) is 27.7 Å². The number of hydrogen-bond donors (Lipinski definition) is 0. The van der Waals surface area contributed by atoms with E-state index in [2.05, 4.69) is 132 Å². The van der Waals surface area contributed by atoms with Gasteiger partial charge in [0.2, 0.25) is 0 Å². The van der Waals surface area contributed by atoms with Crippen molar-refractivity contribution in [2.45, 2.75) is 73.3 Å². The van der Waals surface area contributed by atoms with Crippen LogP contribution in [0, 0.1) is 11.8 Å². The van der Waals surface area contributed by atoms with Crippen LogP contribution in [0.3, 0.4) is 0 Å². The van der Waals surface area contributed by atoms with E-state index in [9.17, 15) is 0 Å². The molecule has 48 heavy (non-hydrogen) atoms. The molecule has 0 radical (unpaired) electrons. The van der Waals surface area contributed by atoms with Crippen LogP contribution in [-0.2, 0) is 5.54 Å². The van der Waals surface area contributed by atoms with Gasteiger partial charge in [-0.1, -0.05) is 127 Å². The second-order valence-electron chi connectivity index (χ2n) is 13.3. The van der Waals surface area contributed by atoms with Crippen LogP contribution in [0.1, 0.15) is 78.9 Å².